The number of hydrogen-bond donors (Lipinski definition) is 0. The van der Waals surface area contributed by atoms with Crippen LogP contribution in [0.2, 0.25) is 0 Å². The lowest BCUT2D eigenvalue weighted by Crippen LogP contribution is -2.08. The van der Waals surface area contributed by atoms with Crippen LogP contribution in [0.5, 0.6) is 5.75 Å². The smallest absolute Gasteiger partial charge is 0.416 e. The third kappa shape index (κ3) is 2.94. The average Bonchev–Trinajstić information content (AvgIpc) is 2.01. The zero-order valence-electron chi connectivity index (χ0n) is 7.85. The van der Waals surface area contributed by atoms with Crippen molar-refractivity contribution >= 4 is 0 Å². The molecule has 0 saturated heterocycles. The van der Waals surface area contributed by atoms with Gasteiger partial charge in [-0.3, -0.25) is 0 Å². The Labute approximate surface area is 80.5 Å². The molecular weight excluding hydrogens is 193 g/mol. The Morgan fingerprint density at radius 3 is 2.43 bits per heavy atom. The van der Waals surface area contributed by atoms with E-state index in [2.05, 4.69) is 6.07 Å². The van der Waals surface area contributed by atoms with Crippen LogP contribution in [0, 0.1) is 6.07 Å². The first-order chi connectivity index (χ1) is 6.39. The molecule has 1 aromatic carbocycles. The standard InChI is InChI=1S/C10H10F3O/c1-7(2)14-9-5-3-4-8(6-9)10(11,12)13/h4-7H,1-2H3. The first-order valence-corrected chi connectivity index (χ1v) is 4.14. The molecule has 0 spiro atoms. The number of halogens is 3. The van der Waals surface area contributed by atoms with E-state index in [0.29, 0.717) is 0 Å². The lowest BCUT2D eigenvalue weighted by molar-refractivity contribution is -0.137. The molecule has 1 radical (unpaired) electrons. The molecule has 0 aromatic heterocycles. The Balaban J connectivity index is 2.90. The number of hydrogen-bond acceptors (Lipinski definition) is 1. The van der Waals surface area contributed by atoms with E-state index in [4.69, 9.17) is 4.74 Å². The fourth-order valence-electron chi connectivity index (χ4n) is 0.954. The number of rotatable bonds is 2. The molecule has 0 atom stereocenters. The van der Waals surface area contributed by atoms with E-state index >= 15 is 0 Å². The second-order valence-corrected chi connectivity index (χ2v) is 3.12. The van der Waals surface area contributed by atoms with E-state index in [1.54, 1.807) is 13.8 Å². The van der Waals surface area contributed by atoms with E-state index in [9.17, 15) is 13.2 Å². The Morgan fingerprint density at radius 1 is 1.29 bits per heavy atom. The van der Waals surface area contributed by atoms with Crippen LogP contribution >= 0.6 is 0 Å². The fourth-order valence-corrected chi connectivity index (χ4v) is 0.954. The van der Waals surface area contributed by atoms with Crippen LogP contribution < -0.4 is 4.74 Å². The molecule has 4 heteroatoms. The molecule has 14 heavy (non-hydrogen) atoms. The molecule has 0 aliphatic heterocycles. The van der Waals surface area contributed by atoms with Gasteiger partial charge >= 0.3 is 6.18 Å². The van der Waals surface area contributed by atoms with Gasteiger partial charge in [0.05, 0.1) is 11.7 Å². The summed E-state index contributed by atoms with van der Waals surface area (Å²) in [7, 11) is 0. The van der Waals surface area contributed by atoms with Gasteiger partial charge in [0.15, 0.2) is 0 Å². The van der Waals surface area contributed by atoms with Crippen molar-refractivity contribution in [3.63, 3.8) is 0 Å². The van der Waals surface area contributed by atoms with E-state index in [0.717, 1.165) is 12.1 Å². The zero-order chi connectivity index (χ0) is 10.8. The lowest BCUT2D eigenvalue weighted by atomic mass is 10.2. The summed E-state index contributed by atoms with van der Waals surface area (Å²) >= 11 is 0. The predicted molar refractivity (Wildman–Crippen MR) is 46.0 cm³/mol. The summed E-state index contributed by atoms with van der Waals surface area (Å²) < 4.78 is 41.8. The fraction of sp³-hybridized carbons (Fsp3) is 0.400. The van der Waals surface area contributed by atoms with Gasteiger partial charge in [0, 0.05) is 0 Å². The monoisotopic (exact) mass is 203 g/mol. The summed E-state index contributed by atoms with van der Waals surface area (Å²) in [5, 5.41) is 0. The van der Waals surface area contributed by atoms with Gasteiger partial charge in [-0.25, -0.2) is 0 Å². The highest BCUT2D eigenvalue weighted by atomic mass is 19.4. The quantitative estimate of drug-likeness (QED) is 0.716. The van der Waals surface area contributed by atoms with Gasteiger partial charge in [0.2, 0.25) is 0 Å². The highest BCUT2D eigenvalue weighted by Crippen LogP contribution is 2.31. The summed E-state index contributed by atoms with van der Waals surface area (Å²) in [6.07, 6.45) is -4.49. The van der Waals surface area contributed by atoms with Crippen LogP contribution in [0.1, 0.15) is 19.4 Å². The molecule has 77 valence electrons. The maximum atomic E-state index is 12.2. The third-order valence-electron chi connectivity index (χ3n) is 1.46. The number of ether oxygens (including phenoxy) is 1. The van der Waals surface area contributed by atoms with Crippen molar-refractivity contribution < 1.29 is 17.9 Å². The number of benzene rings is 1. The molecule has 1 nitrogen and oxygen atoms in total. The Morgan fingerprint density at radius 2 is 1.93 bits per heavy atom. The average molecular weight is 203 g/mol. The van der Waals surface area contributed by atoms with Crippen LogP contribution in [0.15, 0.2) is 18.2 Å². The molecule has 0 saturated carbocycles. The molecule has 0 bridgehead atoms. The van der Waals surface area contributed by atoms with Crippen molar-refractivity contribution in [2.75, 3.05) is 0 Å². The molecule has 0 aliphatic rings. The van der Waals surface area contributed by atoms with Crippen LogP contribution in [0.3, 0.4) is 0 Å². The molecule has 0 unspecified atom stereocenters. The summed E-state index contributed by atoms with van der Waals surface area (Å²) in [6.45, 7) is 3.50. The van der Waals surface area contributed by atoms with E-state index in [1.807, 2.05) is 0 Å². The summed E-state index contributed by atoms with van der Waals surface area (Å²) in [6, 6.07) is 5.65. The molecule has 0 fully saturated rings. The Bertz CT molecular complexity index is 304. The zero-order valence-corrected chi connectivity index (χ0v) is 7.85. The molecule has 0 heterocycles. The highest BCUT2D eigenvalue weighted by Gasteiger charge is 2.30. The van der Waals surface area contributed by atoms with E-state index in [1.165, 1.54) is 6.07 Å². The van der Waals surface area contributed by atoms with Gasteiger partial charge in [-0.15, -0.1) is 0 Å². The van der Waals surface area contributed by atoms with Crippen LogP contribution in [0.4, 0.5) is 13.2 Å². The molecule has 1 aromatic rings. The molecule has 1 rings (SSSR count). The minimum Gasteiger partial charge on any atom is -0.491 e. The van der Waals surface area contributed by atoms with Crippen LogP contribution in [-0.2, 0) is 6.18 Å². The van der Waals surface area contributed by atoms with Crippen LogP contribution in [0.25, 0.3) is 0 Å². The normalized spacial score (nSPS) is 11.9. The van der Waals surface area contributed by atoms with Gasteiger partial charge in [-0.05, 0) is 38.1 Å². The first kappa shape index (κ1) is 10.9. The predicted octanol–water partition coefficient (Wildman–Crippen LogP) is 3.29. The summed E-state index contributed by atoms with van der Waals surface area (Å²) in [5.74, 6) is 0.190. The maximum absolute atomic E-state index is 12.2. The third-order valence-corrected chi connectivity index (χ3v) is 1.46. The topological polar surface area (TPSA) is 9.23 Å². The molecule has 0 amide bonds. The summed E-state index contributed by atoms with van der Waals surface area (Å²) in [4.78, 5) is 0. The largest absolute Gasteiger partial charge is 0.491 e. The number of alkyl halides is 3. The van der Waals surface area contributed by atoms with Gasteiger partial charge in [-0.2, -0.15) is 13.2 Å². The van der Waals surface area contributed by atoms with Gasteiger partial charge in [0.25, 0.3) is 0 Å². The SMILES string of the molecule is CC(C)Oc1c[c]cc(C(F)(F)F)c1. The molecule has 0 aliphatic carbocycles. The van der Waals surface area contributed by atoms with Crippen molar-refractivity contribution in [2.24, 2.45) is 0 Å². The van der Waals surface area contributed by atoms with Crippen LogP contribution in [-0.4, -0.2) is 6.10 Å². The van der Waals surface area contributed by atoms with Gasteiger partial charge in [0.1, 0.15) is 5.75 Å². The van der Waals surface area contributed by atoms with E-state index < -0.39 is 11.7 Å². The highest BCUT2D eigenvalue weighted by molar-refractivity contribution is 5.29. The Kier molecular flexibility index (Phi) is 3.03. The van der Waals surface area contributed by atoms with Crippen molar-refractivity contribution in [1.29, 1.82) is 0 Å². The van der Waals surface area contributed by atoms with Crippen molar-refractivity contribution in [3.05, 3.63) is 29.8 Å². The van der Waals surface area contributed by atoms with Gasteiger partial charge < -0.3 is 4.74 Å². The van der Waals surface area contributed by atoms with Gasteiger partial charge in [-0.1, -0.05) is 0 Å². The lowest BCUT2D eigenvalue weighted by Gasteiger charge is -2.11. The first-order valence-electron chi connectivity index (χ1n) is 4.14. The molecule has 0 N–H and O–H groups in total. The second kappa shape index (κ2) is 3.90. The molecular formula is C10H10F3O. The van der Waals surface area contributed by atoms with Crippen molar-refractivity contribution in [2.45, 2.75) is 26.1 Å². The Hall–Kier alpha value is -1.19. The van der Waals surface area contributed by atoms with Crippen molar-refractivity contribution in [3.8, 4) is 5.75 Å². The minimum atomic E-state index is -4.34. The van der Waals surface area contributed by atoms with Crippen molar-refractivity contribution in [1.82, 2.24) is 0 Å². The minimum absolute atomic E-state index is 0.146. The van der Waals surface area contributed by atoms with E-state index in [-0.39, 0.29) is 11.9 Å². The summed E-state index contributed by atoms with van der Waals surface area (Å²) in [5.41, 5.74) is -0.740. The maximum Gasteiger partial charge on any atom is 0.416 e. The second-order valence-electron chi connectivity index (χ2n) is 3.12.